The maximum atomic E-state index is 12.0. The van der Waals surface area contributed by atoms with Crippen LogP contribution in [-0.2, 0) is 4.79 Å². The van der Waals surface area contributed by atoms with Crippen molar-refractivity contribution in [2.24, 2.45) is 11.3 Å². The molecule has 0 radical (unpaired) electrons. The molecular weight excluding hydrogens is 160 g/mol. The molecule has 0 bridgehead atoms. The molecule has 0 N–H and O–H groups in total. The van der Waals surface area contributed by atoms with Crippen LogP contribution in [0.15, 0.2) is 0 Å². The van der Waals surface area contributed by atoms with E-state index < -0.39 is 0 Å². The first-order chi connectivity index (χ1) is 6.10. The molecule has 0 amide bonds. The molecule has 1 nitrogen and oxygen atoms in total. The minimum Gasteiger partial charge on any atom is -0.299 e. The Labute approximate surface area is 81.9 Å². The van der Waals surface area contributed by atoms with Gasteiger partial charge in [0.15, 0.2) is 0 Å². The van der Waals surface area contributed by atoms with Gasteiger partial charge in [0.2, 0.25) is 0 Å². The number of Topliss-reactive ketones (excluding diaryl/α,β-unsaturated/α-hetero) is 1. The molecule has 0 aromatic carbocycles. The number of hydrogen-bond donors (Lipinski definition) is 0. The normalized spacial score (nSPS) is 20.9. The van der Waals surface area contributed by atoms with Gasteiger partial charge in [0.05, 0.1) is 0 Å². The second-order valence-electron chi connectivity index (χ2n) is 4.86. The Balaban J connectivity index is 2.60. The molecule has 0 aromatic heterocycles. The van der Waals surface area contributed by atoms with Gasteiger partial charge in [0, 0.05) is 11.8 Å². The van der Waals surface area contributed by atoms with Gasteiger partial charge in [-0.05, 0) is 25.2 Å². The predicted octanol–water partition coefficient (Wildman–Crippen LogP) is 3.57. The van der Waals surface area contributed by atoms with Crippen molar-refractivity contribution in [1.82, 2.24) is 0 Å². The lowest BCUT2D eigenvalue weighted by Gasteiger charge is -2.26. The van der Waals surface area contributed by atoms with Crippen molar-refractivity contribution in [2.75, 3.05) is 0 Å². The van der Waals surface area contributed by atoms with Crippen molar-refractivity contribution in [3.63, 3.8) is 0 Å². The van der Waals surface area contributed by atoms with Crippen LogP contribution in [0.5, 0.6) is 0 Å². The Morgan fingerprint density at radius 2 is 1.85 bits per heavy atom. The zero-order valence-corrected chi connectivity index (χ0v) is 9.23. The van der Waals surface area contributed by atoms with Crippen molar-refractivity contribution < 1.29 is 4.79 Å². The van der Waals surface area contributed by atoms with E-state index in [1.165, 1.54) is 12.8 Å². The first kappa shape index (κ1) is 10.7. The maximum Gasteiger partial charge on any atom is 0.139 e. The molecular formula is C12H22O. The van der Waals surface area contributed by atoms with E-state index in [1.807, 2.05) is 0 Å². The summed E-state index contributed by atoms with van der Waals surface area (Å²) in [4.78, 5) is 12.0. The van der Waals surface area contributed by atoms with E-state index in [4.69, 9.17) is 0 Å². The summed E-state index contributed by atoms with van der Waals surface area (Å²) < 4.78 is 0. The van der Waals surface area contributed by atoms with Crippen LogP contribution in [-0.4, -0.2) is 5.78 Å². The van der Waals surface area contributed by atoms with Crippen LogP contribution in [0.25, 0.3) is 0 Å². The molecule has 0 saturated heterocycles. The lowest BCUT2D eigenvalue weighted by Crippen LogP contribution is -2.28. The Kier molecular flexibility index (Phi) is 3.52. The fraction of sp³-hybridized carbons (Fsp3) is 0.917. The van der Waals surface area contributed by atoms with Crippen LogP contribution in [0, 0.1) is 11.3 Å². The van der Waals surface area contributed by atoms with E-state index >= 15 is 0 Å². The molecule has 76 valence electrons. The third-order valence-corrected chi connectivity index (χ3v) is 3.42. The highest BCUT2D eigenvalue weighted by molar-refractivity contribution is 5.85. The fourth-order valence-corrected chi connectivity index (χ4v) is 2.47. The van der Waals surface area contributed by atoms with Crippen molar-refractivity contribution in [1.29, 1.82) is 0 Å². The first-order valence-electron chi connectivity index (χ1n) is 5.64. The number of ketones is 1. The highest BCUT2D eigenvalue weighted by Crippen LogP contribution is 2.42. The monoisotopic (exact) mass is 182 g/mol. The van der Waals surface area contributed by atoms with Gasteiger partial charge in [-0.3, -0.25) is 4.79 Å². The third kappa shape index (κ3) is 2.32. The average Bonchev–Trinajstić information content (AvgIpc) is 2.51. The Hall–Kier alpha value is -0.330. The minimum atomic E-state index is 0.0876. The lowest BCUT2D eigenvalue weighted by molar-refractivity contribution is -0.129. The van der Waals surface area contributed by atoms with Crippen molar-refractivity contribution in [3.05, 3.63) is 0 Å². The molecule has 1 fully saturated rings. The van der Waals surface area contributed by atoms with E-state index in [0.29, 0.717) is 11.7 Å². The topological polar surface area (TPSA) is 17.1 Å². The minimum absolute atomic E-state index is 0.0876. The number of hydrogen-bond acceptors (Lipinski definition) is 1. The zero-order chi connectivity index (χ0) is 9.90. The molecule has 1 rings (SSSR count). The number of carbonyl (C=O) groups excluding carboxylic acids is 1. The van der Waals surface area contributed by atoms with Crippen LogP contribution < -0.4 is 0 Å². The Morgan fingerprint density at radius 3 is 2.23 bits per heavy atom. The van der Waals surface area contributed by atoms with Gasteiger partial charge < -0.3 is 0 Å². The van der Waals surface area contributed by atoms with E-state index in [-0.39, 0.29) is 5.41 Å². The number of carbonyl (C=O) groups is 1. The van der Waals surface area contributed by atoms with E-state index in [9.17, 15) is 4.79 Å². The standard InChI is InChI=1S/C12H22O/c1-4-12(7-5-6-8-12)11(13)9-10(2)3/h10H,4-9H2,1-3H3. The molecule has 13 heavy (non-hydrogen) atoms. The van der Waals surface area contributed by atoms with Crippen LogP contribution in [0.2, 0.25) is 0 Å². The van der Waals surface area contributed by atoms with Gasteiger partial charge in [0.25, 0.3) is 0 Å². The highest BCUT2D eigenvalue weighted by atomic mass is 16.1. The second-order valence-corrected chi connectivity index (χ2v) is 4.86. The largest absolute Gasteiger partial charge is 0.299 e. The molecule has 1 heteroatoms. The molecule has 1 aliphatic rings. The lowest BCUT2D eigenvalue weighted by atomic mass is 9.76. The molecule has 0 spiro atoms. The molecule has 0 atom stereocenters. The van der Waals surface area contributed by atoms with Crippen molar-refractivity contribution in [3.8, 4) is 0 Å². The van der Waals surface area contributed by atoms with Crippen LogP contribution in [0.4, 0.5) is 0 Å². The predicted molar refractivity (Wildman–Crippen MR) is 55.7 cm³/mol. The summed E-state index contributed by atoms with van der Waals surface area (Å²) in [6.45, 7) is 6.44. The smallest absolute Gasteiger partial charge is 0.139 e. The van der Waals surface area contributed by atoms with Gasteiger partial charge in [-0.2, -0.15) is 0 Å². The van der Waals surface area contributed by atoms with Crippen molar-refractivity contribution in [2.45, 2.75) is 59.3 Å². The SMILES string of the molecule is CCC1(C(=O)CC(C)C)CCCC1. The highest BCUT2D eigenvalue weighted by Gasteiger charge is 2.38. The quantitative estimate of drug-likeness (QED) is 0.649. The second kappa shape index (κ2) is 4.26. The Bertz CT molecular complexity index is 176. The third-order valence-electron chi connectivity index (χ3n) is 3.42. The molecule has 0 aromatic rings. The molecule has 0 heterocycles. The fourth-order valence-electron chi connectivity index (χ4n) is 2.47. The van der Waals surface area contributed by atoms with Gasteiger partial charge in [-0.15, -0.1) is 0 Å². The zero-order valence-electron chi connectivity index (χ0n) is 9.23. The summed E-state index contributed by atoms with van der Waals surface area (Å²) in [5.74, 6) is 1.05. The molecule has 0 aliphatic heterocycles. The van der Waals surface area contributed by atoms with E-state index in [2.05, 4.69) is 20.8 Å². The summed E-state index contributed by atoms with van der Waals surface area (Å²) in [5, 5.41) is 0. The molecule has 0 unspecified atom stereocenters. The van der Waals surface area contributed by atoms with E-state index in [0.717, 1.165) is 25.7 Å². The summed E-state index contributed by atoms with van der Waals surface area (Å²) in [6.07, 6.45) is 6.66. The summed E-state index contributed by atoms with van der Waals surface area (Å²) >= 11 is 0. The van der Waals surface area contributed by atoms with Crippen LogP contribution in [0.3, 0.4) is 0 Å². The molecule has 1 aliphatic carbocycles. The van der Waals surface area contributed by atoms with Crippen LogP contribution >= 0.6 is 0 Å². The molecule has 1 saturated carbocycles. The van der Waals surface area contributed by atoms with Gasteiger partial charge in [0.1, 0.15) is 5.78 Å². The summed E-state index contributed by atoms with van der Waals surface area (Å²) in [5.41, 5.74) is 0.0876. The summed E-state index contributed by atoms with van der Waals surface area (Å²) in [6, 6.07) is 0. The summed E-state index contributed by atoms with van der Waals surface area (Å²) in [7, 11) is 0. The Morgan fingerprint density at radius 1 is 1.31 bits per heavy atom. The van der Waals surface area contributed by atoms with E-state index in [1.54, 1.807) is 0 Å². The van der Waals surface area contributed by atoms with Gasteiger partial charge in [-0.25, -0.2) is 0 Å². The van der Waals surface area contributed by atoms with Gasteiger partial charge >= 0.3 is 0 Å². The average molecular weight is 182 g/mol. The maximum absolute atomic E-state index is 12.0. The van der Waals surface area contributed by atoms with Crippen LogP contribution in [0.1, 0.15) is 59.3 Å². The number of rotatable bonds is 4. The first-order valence-corrected chi connectivity index (χ1v) is 5.64. The van der Waals surface area contributed by atoms with Gasteiger partial charge in [-0.1, -0.05) is 33.6 Å². The van der Waals surface area contributed by atoms with Crippen molar-refractivity contribution >= 4 is 5.78 Å².